The fourth-order valence-corrected chi connectivity index (χ4v) is 0.922. The lowest BCUT2D eigenvalue weighted by atomic mass is 10.3. The Morgan fingerprint density at radius 1 is 1.75 bits per heavy atom. The van der Waals surface area contributed by atoms with Crippen molar-refractivity contribution in [3.05, 3.63) is 18.2 Å². The van der Waals surface area contributed by atoms with Gasteiger partial charge in [0.25, 0.3) is 5.82 Å². The summed E-state index contributed by atoms with van der Waals surface area (Å²) in [6.07, 6.45) is 6.34. The monoisotopic (exact) mass is 170 g/mol. The van der Waals surface area contributed by atoms with Crippen molar-refractivity contribution in [3.63, 3.8) is 0 Å². The van der Waals surface area contributed by atoms with Crippen molar-refractivity contribution in [1.29, 1.82) is 0 Å². The van der Waals surface area contributed by atoms with Crippen molar-refractivity contribution < 1.29 is 14.5 Å². The zero-order valence-electron chi connectivity index (χ0n) is 7.41. The van der Waals surface area contributed by atoms with Crippen LogP contribution in [0, 0.1) is 0 Å². The highest BCUT2D eigenvalue weighted by Gasteiger charge is 2.02. The second-order valence-electron chi connectivity index (χ2n) is 2.36. The Hall–Kier alpha value is -1.32. The number of aromatic amines is 1. The molecule has 1 N–H and O–H groups in total. The van der Waals surface area contributed by atoms with E-state index in [4.69, 9.17) is 9.90 Å². The van der Waals surface area contributed by atoms with Gasteiger partial charge in [0.2, 0.25) is 0 Å². The lowest BCUT2D eigenvalue weighted by Crippen LogP contribution is -2.30. The van der Waals surface area contributed by atoms with Gasteiger partial charge < -0.3 is 9.90 Å². The molecular formula is C8H14N2O2. The summed E-state index contributed by atoms with van der Waals surface area (Å²) in [5, 5.41) is 8.25. The van der Waals surface area contributed by atoms with Gasteiger partial charge in [-0.1, -0.05) is 6.92 Å². The van der Waals surface area contributed by atoms with Crippen LogP contribution in [0.3, 0.4) is 0 Å². The minimum absolute atomic E-state index is 0.500. The Balaban J connectivity index is 0.000000354. The van der Waals surface area contributed by atoms with Gasteiger partial charge in [0.1, 0.15) is 12.4 Å². The molecule has 0 spiro atoms. The average Bonchev–Trinajstić information content (AvgIpc) is 2.39. The molecule has 0 aromatic carbocycles. The molecule has 68 valence electrons. The predicted molar refractivity (Wildman–Crippen MR) is 42.0 cm³/mol. The zero-order valence-corrected chi connectivity index (χ0v) is 7.41. The van der Waals surface area contributed by atoms with Gasteiger partial charge in [0.15, 0.2) is 0 Å². The molecule has 0 aliphatic rings. The summed E-state index contributed by atoms with van der Waals surface area (Å²) in [7, 11) is 2.06. The summed E-state index contributed by atoms with van der Waals surface area (Å²) in [4.78, 5) is 11.4. The molecule has 4 heteroatoms. The van der Waals surface area contributed by atoms with Crippen LogP contribution in [-0.4, -0.2) is 11.5 Å². The van der Waals surface area contributed by atoms with E-state index in [1.807, 2.05) is 12.4 Å². The first-order chi connectivity index (χ1) is 5.76. The van der Waals surface area contributed by atoms with E-state index in [9.17, 15) is 0 Å². The van der Waals surface area contributed by atoms with Gasteiger partial charge in [-0.3, -0.25) is 0 Å². The summed E-state index contributed by atoms with van der Waals surface area (Å²) in [6, 6.07) is 0. The third-order valence-corrected chi connectivity index (χ3v) is 1.46. The lowest BCUT2D eigenvalue weighted by Gasteiger charge is -1.87. The van der Waals surface area contributed by atoms with Crippen LogP contribution in [0.15, 0.2) is 12.4 Å². The van der Waals surface area contributed by atoms with Crippen LogP contribution >= 0.6 is 0 Å². The van der Waals surface area contributed by atoms with E-state index in [1.165, 1.54) is 12.2 Å². The number of H-pyrrole nitrogens is 1. The minimum Gasteiger partial charge on any atom is -0.554 e. The van der Waals surface area contributed by atoms with E-state index in [0.29, 0.717) is 0 Å². The predicted octanol–water partition coefficient (Wildman–Crippen LogP) is -0.842. The Labute approximate surface area is 71.9 Å². The van der Waals surface area contributed by atoms with Gasteiger partial charge in [-0.2, -0.15) is 0 Å². The maximum absolute atomic E-state index is 8.25. The maximum atomic E-state index is 8.25. The van der Waals surface area contributed by atoms with E-state index in [2.05, 4.69) is 23.5 Å². The number of carbonyl (C=O) groups excluding carboxylic acids is 1. The zero-order chi connectivity index (χ0) is 9.40. The molecule has 0 saturated carbocycles. The number of aromatic nitrogens is 2. The Morgan fingerprint density at radius 3 is 2.67 bits per heavy atom. The number of rotatable bonds is 2. The van der Waals surface area contributed by atoms with Crippen LogP contribution in [0.4, 0.5) is 0 Å². The van der Waals surface area contributed by atoms with E-state index < -0.39 is 6.47 Å². The van der Waals surface area contributed by atoms with Crippen molar-refractivity contribution in [2.75, 3.05) is 0 Å². The fourth-order valence-electron chi connectivity index (χ4n) is 0.922. The largest absolute Gasteiger partial charge is 0.554 e. The molecule has 1 rings (SSSR count). The number of imidazole rings is 1. The highest BCUT2D eigenvalue weighted by molar-refractivity contribution is 5.29. The fraction of sp³-hybridized carbons (Fsp3) is 0.500. The summed E-state index contributed by atoms with van der Waals surface area (Å²) in [5.41, 5.74) is 0. The molecule has 0 amide bonds. The van der Waals surface area contributed by atoms with Gasteiger partial charge in [0.05, 0.1) is 7.05 Å². The number of nitrogens with one attached hydrogen (secondary N) is 1. The first-order valence-corrected chi connectivity index (χ1v) is 3.83. The Bertz CT molecular complexity index is 221. The molecule has 4 nitrogen and oxygen atoms in total. The smallest absolute Gasteiger partial charge is 0.253 e. The molecule has 0 bridgehead atoms. The van der Waals surface area contributed by atoms with E-state index in [-0.39, 0.29) is 0 Å². The first-order valence-electron chi connectivity index (χ1n) is 3.83. The highest BCUT2D eigenvalue weighted by atomic mass is 16.3. The second-order valence-corrected chi connectivity index (χ2v) is 2.36. The standard InChI is InChI=1S/C7H12N2.CH2O2/c1-3-4-7-8-5-6-9(7)2;2-1-3/h5-6H,3-4H2,1-2H3;1H,(H,2,3). The van der Waals surface area contributed by atoms with Crippen molar-refractivity contribution >= 4 is 6.47 Å². The molecule has 0 aliphatic heterocycles. The van der Waals surface area contributed by atoms with Crippen LogP contribution in [-0.2, 0) is 18.3 Å². The van der Waals surface area contributed by atoms with Crippen molar-refractivity contribution in [1.82, 2.24) is 4.98 Å². The van der Waals surface area contributed by atoms with Crippen molar-refractivity contribution in [3.8, 4) is 0 Å². The quantitative estimate of drug-likeness (QED) is 0.464. The number of nitrogens with zero attached hydrogens (tertiary/aromatic N) is 1. The lowest BCUT2D eigenvalue weighted by molar-refractivity contribution is -0.677. The number of carboxylic acid groups (broad SMARTS) is 1. The van der Waals surface area contributed by atoms with E-state index in [1.54, 1.807) is 0 Å². The molecule has 0 radical (unpaired) electrons. The molecule has 1 aromatic rings. The third kappa shape index (κ3) is 3.75. The van der Waals surface area contributed by atoms with E-state index >= 15 is 0 Å². The van der Waals surface area contributed by atoms with Crippen molar-refractivity contribution in [2.24, 2.45) is 7.05 Å². The molecular weight excluding hydrogens is 156 g/mol. The number of hydrogen-bond donors (Lipinski definition) is 1. The van der Waals surface area contributed by atoms with Gasteiger partial charge in [-0.15, -0.1) is 0 Å². The summed E-state index contributed by atoms with van der Waals surface area (Å²) >= 11 is 0. The van der Waals surface area contributed by atoms with Crippen LogP contribution in [0.5, 0.6) is 0 Å². The topological polar surface area (TPSA) is 59.8 Å². The van der Waals surface area contributed by atoms with Crippen LogP contribution in [0.2, 0.25) is 0 Å². The molecule has 1 heterocycles. The molecule has 0 unspecified atom stereocenters. The number of aryl methyl sites for hydroxylation is 2. The van der Waals surface area contributed by atoms with E-state index in [0.717, 1.165) is 6.42 Å². The maximum Gasteiger partial charge on any atom is 0.253 e. The molecule has 12 heavy (non-hydrogen) atoms. The van der Waals surface area contributed by atoms with Crippen LogP contribution < -0.4 is 9.67 Å². The molecule has 1 aromatic heterocycles. The van der Waals surface area contributed by atoms with Gasteiger partial charge >= 0.3 is 0 Å². The van der Waals surface area contributed by atoms with Crippen LogP contribution in [0.25, 0.3) is 0 Å². The van der Waals surface area contributed by atoms with Crippen molar-refractivity contribution in [2.45, 2.75) is 19.8 Å². The summed E-state index contributed by atoms with van der Waals surface area (Å²) in [6.45, 7) is 1.68. The number of carbonyl (C=O) groups is 1. The SMILES string of the molecule is CCCc1[nH]cc[n+]1C.O=C[O-]. The molecule has 0 saturated heterocycles. The second kappa shape index (κ2) is 6.39. The summed E-state index contributed by atoms with van der Waals surface area (Å²) in [5.74, 6) is 1.30. The minimum atomic E-state index is -0.500. The Morgan fingerprint density at radius 2 is 2.33 bits per heavy atom. The summed E-state index contributed by atoms with van der Waals surface area (Å²) < 4.78 is 2.11. The normalized spacial score (nSPS) is 8.50. The van der Waals surface area contributed by atoms with Crippen LogP contribution in [0.1, 0.15) is 19.2 Å². The molecule has 0 aliphatic carbocycles. The highest BCUT2D eigenvalue weighted by Crippen LogP contribution is 1.89. The van der Waals surface area contributed by atoms with Gasteiger partial charge in [0, 0.05) is 12.9 Å². The molecule has 0 fully saturated rings. The average molecular weight is 170 g/mol. The van der Waals surface area contributed by atoms with Gasteiger partial charge in [-0.05, 0) is 6.42 Å². The third-order valence-electron chi connectivity index (χ3n) is 1.46. The first kappa shape index (κ1) is 10.7. The molecule has 0 atom stereocenters. The Kier molecular flexibility index (Phi) is 5.69. The van der Waals surface area contributed by atoms with Gasteiger partial charge in [-0.25, -0.2) is 9.55 Å². The number of hydrogen-bond acceptors (Lipinski definition) is 2.